The molecule has 4 nitrogen and oxygen atoms in total. The first-order valence-electron chi connectivity index (χ1n) is 13.1. The fourth-order valence-electron chi connectivity index (χ4n) is 7.08. The van der Waals surface area contributed by atoms with E-state index in [2.05, 4.69) is 81.4 Å². The van der Waals surface area contributed by atoms with Gasteiger partial charge in [-0.15, -0.1) is 0 Å². The maximum Gasteiger partial charge on any atom is 0.261 e. The minimum atomic E-state index is -2.63. The van der Waals surface area contributed by atoms with Crippen LogP contribution in [-0.2, 0) is 4.43 Å². The summed E-state index contributed by atoms with van der Waals surface area (Å²) < 4.78 is 7.45. The Kier molecular flexibility index (Phi) is 5.54. The number of carbonyl (C=O) groups is 2. The molecule has 3 aromatic rings. The lowest BCUT2D eigenvalue weighted by molar-refractivity contribution is 0.0444. The van der Waals surface area contributed by atoms with Gasteiger partial charge in [-0.3, -0.25) is 14.5 Å². The lowest BCUT2D eigenvalue weighted by Gasteiger charge is -2.46. The maximum atomic E-state index is 13.2. The second kappa shape index (κ2) is 8.53. The van der Waals surface area contributed by atoms with Crippen LogP contribution in [0.1, 0.15) is 60.7 Å². The van der Waals surface area contributed by atoms with E-state index < -0.39 is 8.32 Å². The van der Waals surface area contributed by atoms with Crippen LogP contribution in [0, 0.1) is 11.8 Å². The number of imide groups is 1. The molecule has 184 valence electrons. The van der Waals surface area contributed by atoms with Crippen LogP contribution in [0.3, 0.4) is 0 Å². The summed E-state index contributed by atoms with van der Waals surface area (Å²) in [6.45, 7) is 6.94. The van der Waals surface area contributed by atoms with Crippen LogP contribution in [-0.4, -0.2) is 37.2 Å². The zero-order valence-electron chi connectivity index (χ0n) is 21.2. The molecule has 2 bridgehead atoms. The number of hydrogen-bond acceptors (Lipinski definition) is 3. The Balaban J connectivity index is 1.31. The average Bonchev–Trinajstić information content (AvgIpc) is 3.54. The van der Waals surface area contributed by atoms with E-state index in [1.165, 1.54) is 10.4 Å². The van der Waals surface area contributed by atoms with Crippen LogP contribution in [0.15, 0.2) is 84.9 Å². The topological polar surface area (TPSA) is 46.6 Å². The Morgan fingerprint density at radius 2 is 1.19 bits per heavy atom. The normalized spacial score (nSPS) is 25.5. The number of fused-ring (bicyclic) bond motifs is 3. The van der Waals surface area contributed by atoms with Gasteiger partial charge >= 0.3 is 0 Å². The van der Waals surface area contributed by atoms with Crippen LogP contribution in [0.2, 0.25) is 5.04 Å². The summed E-state index contributed by atoms with van der Waals surface area (Å²) in [5.74, 6) is 0.390. The predicted octanol–water partition coefficient (Wildman–Crippen LogP) is 5.03. The molecular weight excluding hydrogens is 462 g/mol. The van der Waals surface area contributed by atoms with E-state index in [9.17, 15) is 9.59 Å². The molecule has 1 aliphatic heterocycles. The average molecular weight is 496 g/mol. The van der Waals surface area contributed by atoms with E-state index in [4.69, 9.17) is 4.43 Å². The Morgan fingerprint density at radius 3 is 1.64 bits per heavy atom. The van der Waals surface area contributed by atoms with Crippen molar-refractivity contribution in [2.45, 2.75) is 57.2 Å². The van der Waals surface area contributed by atoms with Gasteiger partial charge < -0.3 is 4.43 Å². The SMILES string of the molecule is CC(C)(C)[Si](O[C@H]1CC2C[C@@H]1C[C@@H]2N1C(=O)c2ccccc2C1=O)(c1ccccc1)c1ccccc1. The molecule has 5 heteroatoms. The molecule has 1 unspecified atom stereocenters. The number of hydrogen-bond donors (Lipinski definition) is 0. The van der Waals surface area contributed by atoms with Crippen molar-refractivity contribution in [3.05, 3.63) is 96.1 Å². The highest BCUT2D eigenvalue weighted by molar-refractivity contribution is 6.99. The highest BCUT2D eigenvalue weighted by atomic mass is 28.4. The molecule has 2 aliphatic carbocycles. The van der Waals surface area contributed by atoms with E-state index in [1.807, 2.05) is 12.1 Å². The van der Waals surface area contributed by atoms with Gasteiger partial charge in [0, 0.05) is 12.1 Å². The summed E-state index contributed by atoms with van der Waals surface area (Å²) in [6.07, 6.45) is 2.88. The number of nitrogens with zero attached hydrogens (tertiary/aromatic N) is 1. The van der Waals surface area contributed by atoms with Crippen LogP contribution in [0.5, 0.6) is 0 Å². The fraction of sp³-hybridized carbons (Fsp3) is 0.355. The van der Waals surface area contributed by atoms with Crippen LogP contribution in [0.25, 0.3) is 0 Å². The molecule has 2 fully saturated rings. The van der Waals surface area contributed by atoms with Crippen molar-refractivity contribution in [1.29, 1.82) is 0 Å². The number of carbonyl (C=O) groups excluding carboxylic acids is 2. The minimum absolute atomic E-state index is 0.0265. The lowest BCUT2D eigenvalue weighted by Crippen LogP contribution is -2.68. The first kappa shape index (κ1) is 23.4. The van der Waals surface area contributed by atoms with Gasteiger partial charge in [-0.25, -0.2) is 0 Å². The smallest absolute Gasteiger partial charge is 0.261 e. The summed E-state index contributed by atoms with van der Waals surface area (Å²) in [4.78, 5) is 27.9. The highest BCUT2D eigenvalue weighted by Gasteiger charge is 2.57. The molecule has 36 heavy (non-hydrogen) atoms. The van der Waals surface area contributed by atoms with Gasteiger partial charge in [-0.1, -0.05) is 93.6 Å². The molecule has 4 atom stereocenters. The summed E-state index contributed by atoms with van der Waals surface area (Å²) in [5.41, 5.74) is 1.09. The first-order chi connectivity index (χ1) is 17.3. The van der Waals surface area contributed by atoms with Gasteiger partial charge in [-0.2, -0.15) is 0 Å². The Bertz CT molecular complexity index is 1230. The molecule has 1 heterocycles. The molecule has 6 rings (SSSR count). The van der Waals surface area contributed by atoms with Crippen LogP contribution >= 0.6 is 0 Å². The van der Waals surface area contributed by atoms with Crippen molar-refractivity contribution in [3.63, 3.8) is 0 Å². The summed E-state index contributed by atoms with van der Waals surface area (Å²) in [6, 6.07) is 28.8. The molecule has 3 aromatic carbocycles. The fourth-order valence-corrected chi connectivity index (χ4v) is 11.8. The number of amides is 2. The zero-order valence-corrected chi connectivity index (χ0v) is 22.2. The van der Waals surface area contributed by atoms with Crippen LogP contribution < -0.4 is 10.4 Å². The highest BCUT2D eigenvalue weighted by Crippen LogP contribution is 2.51. The summed E-state index contributed by atoms with van der Waals surface area (Å²) in [5, 5.41) is 2.52. The second-order valence-electron chi connectivity index (χ2n) is 11.6. The Labute approximate surface area is 214 Å². The van der Waals surface area contributed by atoms with Gasteiger partial charge in [0.1, 0.15) is 0 Å². The molecule has 0 aromatic heterocycles. The lowest BCUT2D eigenvalue weighted by atomic mass is 9.92. The maximum absolute atomic E-state index is 13.2. The third kappa shape index (κ3) is 3.44. The molecule has 0 saturated heterocycles. The molecule has 0 radical (unpaired) electrons. The first-order valence-corrected chi connectivity index (χ1v) is 15.0. The Hall–Kier alpha value is -3.02. The number of rotatable bonds is 5. The standard InChI is InChI=1S/C31H33NO3Si/c1-31(2,3)36(23-12-6-4-7-13-23,24-14-8-5-9-15-24)35-28-20-21-18-22(28)19-27(21)32-29(33)25-16-10-11-17-26(25)30(32)34/h4-17,21-22,27-28H,18-20H2,1-3H3/t21?,22-,27+,28+/m1/s1. The van der Waals surface area contributed by atoms with Gasteiger partial charge in [0.25, 0.3) is 20.1 Å². The van der Waals surface area contributed by atoms with Crippen molar-refractivity contribution in [1.82, 2.24) is 4.90 Å². The van der Waals surface area contributed by atoms with Gasteiger partial charge in [-0.05, 0) is 58.6 Å². The molecule has 2 saturated carbocycles. The van der Waals surface area contributed by atoms with E-state index in [-0.39, 0.29) is 29.0 Å². The van der Waals surface area contributed by atoms with Crippen LogP contribution in [0.4, 0.5) is 0 Å². The molecular formula is C31H33NO3Si. The predicted molar refractivity (Wildman–Crippen MR) is 144 cm³/mol. The summed E-state index contributed by atoms with van der Waals surface area (Å²) in [7, 11) is -2.63. The molecule has 0 N–H and O–H groups in total. The summed E-state index contributed by atoms with van der Waals surface area (Å²) >= 11 is 0. The van der Waals surface area contributed by atoms with Crippen molar-refractivity contribution in [3.8, 4) is 0 Å². The van der Waals surface area contributed by atoms with Gasteiger partial charge in [0.05, 0.1) is 11.1 Å². The van der Waals surface area contributed by atoms with E-state index in [0.29, 0.717) is 23.0 Å². The van der Waals surface area contributed by atoms with Gasteiger partial charge in [0.15, 0.2) is 0 Å². The van der Waals surface area contributed by atoms with Crippen molar-refractivity contribution >= 4 is 30.5 Å². The monoisotopic (exact) mass is 495 g/mol. The zero-order chi connectivity index (χ0) is 25.1. The van der Waals surface area contributed by atoms with Gasteiger partial charge in [0.2, 0.25) is 0 Å². The molecule has 3 aliphatic rings. The van der Waals surface area contributed by atoms with Crippen molar-refractivity contribution < 1.29 is 14.0 Å². The minimum Gasteiger partial charge on any atom is -0.404 e. The van der Waals surface area contributed by atoms with E-state index in [0.717, 1.165) is 19.3 Å². The van der Waals surface area contributed by atoms with E-state index in [1.54, 1.807) is 17.0 Å². The largest absolute Gasteiger partial charge is 0.404 e. The quantitative estimate of drug-likeness (QED) is 0.369. The van der Waals surface area contributed by atoms with Crippen molar-refractivity contribution in [2.75, 3.05) is 0 Å². The van der Waals surface area contributed by atoms with E-state index >= 15 is 0 Å². The second-order valence-corrected chi connectivity index (χ2v) is 15.9. The van der Waals surface area contributed by atoms with Crippen molar-refractivity contribution in [2.24, 2.45) is 11.8 Å². The third-order valence-corrected chi connectivity index (χ3v) is 13.7. The molecule has 0 spiro atoms. The third-order valence-electron chi connectivity index (χ3n) is 8.66. The number of benzene rings is 3. The molecule has 2 amide bonds. The Morgan fingerprint density at radius 1 is 0.694 bits per heavy atom.